The first-order valence-electron chi connectivity index (χ1n) is 9.01. The fraction of sp³-hybridized carbons (Fsp3) is 0.333. The van der Waals surface area contributed by atoms with Crippen molar-refractivity contribution in [3.63, 3.8) is 0 Å². The molecule has 2 aromatic carbocycles. The third-order valence-corrected chi connectivity index (χ3v) is 5.30. The molecule has 2 aromatic rings. The van der Waals surface area contributed by atoms with Crippen LogP contribution >= 0.6 is 0 Å². The zero-order valence-electron chi connectivity index (χ0n) is 15.4. The SMILES string of the molecule is COc1cc(C(=O)O)ccc1CCNC(=O)C1(c2ccc(F)cc2F)CCC1. The molecule has 0 aliphatic heterocycles. The molecule has 0 unspecified atom stereocenters. The number of halogens is 2. The van der Waals surface area contributed by atoms with E-state index in [9.17, 15) is 18.4 Å². The van der Waals surface area contributed by atoms with Crippen LogP contribution < -0.4 is 10.1 Å². The number of amides is 1. The number of carboxylic acids is 1. The van der Waals surface area contributed by atoms with Gasteiger partial charge in [0.2, 0.25) is 5.91 Å². The van der Waals surface area contributed by atoms with Gasteiger partial charge in [-0.15, -0.1) is 0 Å². The average Bonchev–Trinajstić information content (AvgIpc) is 2.62. The zero-order chi connectivity index (χ0) is 20.3. The van der Waals surface area contributed by atoms with Crippen LogP contribution in [0, 0.1) is 11.6 Å². The topological polar surface area (TPSA) is 75.6 Å². The number of nitrogens with one attached hydrogen (secondary N) is 1. The lowest BCUT2D eigenvalue weighted by Gasteiger charge is -2.40. The normalized spacial score (nSPS) is 14.8. The Labute approximate surface area is 161 Å². The number of ether oxygens (including phenoxy) is 1. The molecule has 0 saturated heterocycles. The molecule has 1 fully saturated rings. The monoisotopic (exact) mass is 389 g/mol. The van der Waals surface area contributed by atoms with E-state index in [0.717, 1.165) is 18.1 Å². The van der Waals surface area contributed by atoms with Crippen molar-refractivity contribution in [3.05, 3.63) is 64.7 Å². The lowest BCUT2D eigenvalue weighted by molar-refractivity contribution is -0.130. The van der Waals surface area contributed by atoms with Crippen molar-refractivity contribution in [1.29, 1.82) is 0 Å². The van der Waals surface area contributed by atoms with E-state index in [2.05, 4.69) is 5.32 Å². The maximum absolute atomic E-state index is 14.2. The Hall–Kier alpha value is -2.96. The Bertz CT molecular complexity index is 909. The Morgan fingerprint density at radius 1 is 1.18 bits per heavy atom. The van der Waals surface area contributed by atoms with E-state index >= 15 is 0 Å². The Balaban J connectivity index is 1.69. The van der Waals surface area contributed by atoms with Gasteiger partial charge in [-0.25, -0.2) is 13.6 Å². The van der Waals surface area contributed by atoms with Gasteiger partial charge < -0.3 is 15.2 Å². The standard InChI is InChI=1S/C21H21F2NO4/c1-28-18-11-14(19(25)26)4-3-13(18)7-10-24-20(27)21(8-2-9-21)16-6-5-15(22)12-17(16)23/h3-6,11-12H,2,7-10H2,1H3,(H,24,27)(H,25,26). The minimum Gasteiger partial charge on any atom is -0.496 e. The van der Waals surface area contributed by atoms with Gasteiger partial charge in [-0.05, 0) is 43.0 Å². The molecule has 0 atom stereocenters. The van der Waals surface area contributed by atoms with Crippen molar-refractivity contribution in [1.82, 2.24) is 5.32 Å². The lowest BCUT2D eigenvalue weighted by atomic mass is 9.63. The summed E-state index contributed by atoms with van der Waals surface area (Å²) in [5.41, 5.74) is 0.129. The van der Waals surface area contributed by atoms with Crippen molar-refractivity contribution in [2.24, 2.45) is 0 Å². The molecule has 0 heterocycles. The van der Waals surface area contributed by atoms with Gasteiger partial charge in [0.15, 0.2) is 0 Å². The molecule has 2 N–H and O–H groups in total. The molecule has 0 bridgehead atoms. The quantitative estimate of drug-likeness (QED) is 0.761. The summed E-state index contributed by atoms with van der Waals surface area (Å²) in [5.74, 6) is -2.29. The fourth-order valence-electron chi connectivity index (χ4n) is 3.59. The highest BCUT2D eigenvalue weighted by atomic mass is 19.1. The number of carboxylic acid groups (broad SMARTS) is 1. The van der Waals surface area contributed by atoms with Crippen LogP contribution in [0.25, 0.3) is 0 Å². The number of hydrogen-bond donors (Lipinski definition) is 2. The van der Waals surface area contributed by atoms with Crippen LogP contribution in [-0.2, 0) is 16.6 Å². The fourth-order valence-corrected chi connectivity index (χ4v) is 3.59. The van der Waals surface area contributed by atoms with Crippen LogP contribution in [0.4, 0.5) is 8.78 Å². The van der Waals surface area contributed by atoms with Crippen molar-refractivity contribution < 1.29 is 28.2 Å². The van der Waals surface area contributed by atoms with Crippen LogP contribution in [0.1, 0.15) is 40.7 Å². The predicted octanol–water partition coefficient (Wildman–Crippen LogP) is 3.45. The van der Waals surface area contributed by atoms with Gasteiger partial charge in [0.05, 0.1) is 18.1 Å². The second-order valence-corrected chi connectivity index (χ2v) is 6.90. The molecular weight excluding hydrogens is 368 g/mol. The van der Waals surface area contributed by atoms with Crippen LogP contribution in [0.3, 0.4) is 0 Å². The smallest absolute Gasteiger partial charge is 0.335 e. The Morgan fingerprint density at radius 2 is 1.93 bits per heavy atom. The summed E-state index contributed by atoms with van der Waals surface area (Å²) in [6.45, 7) is 0.284. The van der Waals surface area contributed by atoms with E-state index in [4.69, 9.17) is 9.84 Å². The number of benzene rings is 2. The summed E-state index contributed by atoms with van der Waals surface area (Å²) in [7, 11) is 1.45. The maximum atomic E-state index is 14.2. The number of aromatic carboxylic acids is 1. The van der Waals surface area contributed by atoms with Crippen LogP contribution in [-0.4, -0.2) is 30.6 Å². The van der Waals surface area contributed by atoms with E-state index in [1.807, 2.05) is 0 Å². The van der Waals surface area contributed by atoms with Crippen LogP contribution in [0.15, 0.2) is 36.4 Å². The molecule has 28 heavy (non-hydrogen) atoms. The number of methoxy groups -OCH3 is 1. The first-order valence-corrected chi connectivity index (χ1v) is 9.01. The van der Waals surface area contributed by atoms with E-state index in [0.29, 0.717) is 25.0 Å². The van der Waals surface area contributed by atoms with Gasteiger partial charge in [0.25, 0.3) is 0 Å². The Morgan fingerprint density at radius 3 is 2.50 bits per heavy atom. The molecule has 0 spiro atoms. The molecular formula is C21H21F2NO4. The summed E-state index contributed by atoms with van der Waals surface area (Å²) in [4.78, 5) is 23.8. The second kappa shape index (κ2) is 7.96. The van der Waals surface area contributed by atoms with Gasteiger partial charge >= 0.3 is 5.97 Å². The number of carbonyl (C=O) groups excluding carboxylic acids is 1. The highest BCUT2D eigenvalue weighted by Gasteiger charge is 2.47. The van der Waals surface area contributed by atoms with Crippen molar-refractivity contribution in [2.45, 2.75) is 31.1 Å². The largest absolute Gasteiger partial charge is 0.496 e. The molecule has 0 radical (unpaired) electrons. The minimum absolute atomic E-state index is 0.116. The summed E-state index contributed by atoms with van der Waals surface area (Å²) < 4.78 is 32.7. The van der Waals surface area contributed by atoms with E-state index in [1.165, 1.54) is 31.4 Å². The minimum atomic E-state index is -1.05. The van der Waals surface area contributed by atoms with Crippen molar-refractivity contribution >= 4 is 11.9 Å². The van der Waals surface area contributed by atoms with E-state index < -0.39 is 23.0 Å². The molecule has 1 aliphatic carbocycles. The van der Waals surface area contributed by atoms with Crippen molar-refractivity contribution in [2.75, 3.05) is 13.7 Å². The van der Waals surface area contributed by atoms with E-state index in [1.54, 1.807) is 6.07 Å². The third-order valence-electron chi connectivity index (χ3n) is 5.30. The van der Waals surface area contributed by atoms with Crippen LogP contribution in [0.5, 0.6) is 5.75 Å². The number of carbonyl (C=O) groups is 2. The predicted molar refractivity (Wildman–Crippen MR) is 98.6 cm³/mol. The summed E-state index contributed by atoms with van der Waals surface area (Å²) in [6, 6.07) is 7.87. The molecule has 1 amide bonds. The van der Waals surface area contributed by atoms with E-state index in [-0.39, 0.29) is 23.6 Å². The third kappa shape index (κ3) is 3.69. The zero-order valence-corrected chi connectivity index (χ0v) is 15.4. The number of hydrogen-bond acceptors (Lipinski definition) is 3. The number of rotatable bonds is 7. The molecule has 3 rings (SSSR count). The second-order valence-electron chi connectivity index (χ2n) is 6.90. The molecule has 1 aliphatic rings. The molecule has 0 aromatic heterocycles. The van der Waals surface area contributed by atoms with Gasteiger partial charge in [-0.2, -0.15) is 0 Å². The Kier molecular flexibility index (Phi) is 5.63. The molecule has 7 heteroatoms. The summed E-state index contributed by atoms with van der Waals surface area (Å²) >= 11 is 0. The molecule has 148 valence electrons. The summed E-state index contributed by atoms with van der Waals surface area (Å²) in [6.07, 6.45) is 2.25. The highest BCUT2D eigenvalue weighted by molar-refractivity contribution is 5.89. The van der Waals surface area contributed by atoms with Crippen molar-refractivity contribution in [3.8, 4) is 5.75 Å². The van der Waals surface area contributed by atoms with Gasteiger partial charge in [-0.1, -0.05) is 18.6 Å². The van der Waals surface area contributed by atoms with Gasteiger partial charge in [-0.3, -0.25) is 4.79 Å². The lowest BCUT2D eigenvalue weighted by Crippen LogP contribution is -2.50. The van der Waals surface area contributed by atoms with Crippen LogP contribution in [0.2, 0.25) is 0 Å². The van der Waals surface area contributed by atoms with Gasteiger partial charge in [0.1, 0.15) is 17.4 Å². The molecule has 1 saturated carbocycles. The molecule has 5 nitrogen and oxygen atoms in total. The average molecular weight is 389 g/mol. The first-order chi connectivity index (χ1) is 13.4. The highest BCUT2D eigenvalue weighted by Crippen LogP contribution is 2.45. The first kappa shape index (κ1) is 19.8. The maximum Gasteiger partial charge on any atom is 0.335 e. The summed E-state index contributed by atoms with van der Waals surface area (Å²) in [5, 5.41) is 11.9. The van der Waals surface area contributed by atoms with Gasteiger partial charge in [0, 0.05) is 18.2 Å².